The summed E-state index contributed by atoms with van der Waals surface area (Å²) in [6.07, 6.45) is 0.573. The quantitative estimate of drug-likeness (QED) is 0.796. The Labute approximate surface area is 152 Å². The third-order valence-electron chi connectivity index (χ3n) is 3.72. The van der Waals surface area contributed by atoms with E-state index in [9.17, 15) is 4.79 Å². The second kappa shape index (κ2) is 9.18. The first-order chi connectivity index (χ1) is 12.6. The summed E-state index contributed by atoms with van der Waals surface area (Å²) in [6, 6.07) is 12.2. The van der Waals surface area contributed by atoms with E-state index >= 15 is 0 Å². The molecule has 2 amide bonds. The van der Waals surface area contributed by atoms with Gasteiger partial charge >= 0.3 is 6.03 Å². The van der Waals surface area contributed by atoms with Gasteiger partial charge in [-0.2, -0.15) is 5.26 Å². The van der Waals surface area contributed by atoms with Crippen LogP contribution in [0.15, 0.2) is 36.4 Å². The van der Waals surface area contributed by atoms with E-state index in [1.54, 1.807) is 45.6 Å². The minimum absolute atomic E-state index is 0.375. The zero-order chi connectivity index (χ0) is 18.9. The molecule has 2 aromatic carbocycles. The van der Waals surface area contributed by atoms with Crippen molar-refractivity contribution >= 4 is 11.7 Å². The molecule has 0 aliphatic carbocycles. The maximum absolute atomic E-state index is 12.0. The van der Waals surface area contributed by atoms with Gasteiger partial charge < -0.3 is 24.8 Å². The molecule has 0 spiro atoms. The first-order valence-electron chi connectivity index (χ1n) is 7.95. The maximum atomic E-state index is 12.0. The molecule has 0 aliphatic rings. The van der Waals surface area contributed by atoms with E-state index in [4.69, 9.17) is 19.5 Å². The van der Waals surface area contributed by atoms with Gasteiger partial charge in [0.2, 0.25) is 5.75 Å². The van der Waals surface area contributed by atoms with E-state index in [0.717, 1.165) is 5.56 Å². The number of nitrogens with one attached hydrogen (secondary N) is 2. The number of nitriles is 1. The van der Waals surface area contributed by atoms with Gasteiger partial charge in [-0.3, -0.25) is 0 Å². The number of amides is 2. The summed E-state index contributed by atoms with van der Waals surface area (Å²) in [5.41, 5.74) is 1.81. The van der Waals surface area contributed by atoms with Crippen LogP contribution in [0.5, 0.6) is 17.2 Å². The highest BCUT2D eigenvalue weighted by Gasteiger charge is 2.13. The molecule has 26 heavy (non-hydrogen) atoms. The Kier molecular flexibility index (Phi) is 6.68. The number of nitrogens with zero attached hydrogens (tertiary/aromatic N) is 1. The van der Waals surface area contributed by atoms with Gasteiger partial charge in [-0.15, -0.1) is 0 Å². The number of para-hydroxylation sites is 1. The third kappa shape index (κ3) is 4.57. The lowest BCUT2D eigenvalue weighted by molar-refractivity contribution is 0.252. The minimum Gasteiger partial charge on any atom is -0.493 e. The second-order valence-electron chi connectivity index (χ2n) is 5.32. The summed E-state index contributed by atoms with van der Waals surface area (Å²) in [7, 11) is 4.66. The molecule has 0 unspecified atom stereocenters. The molecular formula is C19H21N3O4. The van der Waals surface area contributed by atoms with E-state index in [2.05, 4.69) is 10.6 Å². The lowest BCUT2D eigenvalue weighted by Gasteiger charge is -2.14. The van der Waals surface area contributed by atoms with Crippen LogP contribution in [0, 0.1) is 11.3 Å². The molecule has 2 aromatic rings. The molecule has 0 bridgehead atoms. The summed E-state index contributed by atoms with van der Waals surface area (Å²) in [5.74, 6) is 1.65. The molecular weight excluding hydrogens is 334 g/mol. The SMILES string of the molecule is COc1cc(CCNC(=O)Nc2ccccc2C#N)cc(OC)c1OC. The predicted octanol–water partition coefficient (Wildman–Crippen LogP) is 2.95. The number of methoxy groups -OCH3 is 3. The maximum Gasteiger partial charge on any atom is 0.319 e. The van der Waals surface area contributed by atoms with Crippen molar-refractivity contribution in [2.45, 2.75) is 6.42 Å². The average Bonchev–Trinajstić information content (AvgIpc) is 2.67. The lowest BCUT2D eigenvalue weighted by Crippen LogP contribution is -2.30. The number of benzene rings is 2. The Morgan fingerprint density at radius 3 is 2.31 bits per heavy atom. The number of hydrogen-bond donors (Lipinski definition) is 2. The van der Waals surface area contributed by atoms with Crippen LogP contribution in [0.25, 0.3) is 0 Å². The van der Waals surface area contributed by atoms with Crippen LogP contribution < -0.4 is 24.8 Å². The standard InChI is InChI=1S/C19H21N3O4/c1-24-16-10-13(11-17(25-2)18(16)26-3)8-9-21-19(23)22-15-7-5-4-6-14(15)12-20/h4-7,10-11H,8-9H2,1-3H3,(H2,21,22,23). The van der Waals surface area contributed by atoms with Crippen molar-refractivity contribution in [3.05, 3.63) is 47.5 Å². The molecule has 0 fully saturated rings. The van der Waals surface area contributed by atoms with Gasteiger partial charge in [0.05, 0.1) is 32.6 Å². The summed E-state index contributed by atoms with van der Waals surface area (Å²) < 4.78 is 15.9. The van der Waals surface area contributed by atoms with Crippen molar-refractivity contribution in [2.24, 2.45) is 0 Å². The fraction of sp³-hybridized carbons (Fsp3) is 0.263. The summed E-state index contributed by atoms with van der Waals surface area (Å²) in [4.78, 5) is 12.0. The summed E-state index contributed by atoms with van der Waals surface area (Å²) >= 11 is 0. The molecule has 0 aliphatic heterocycles. The number of rotatable bonds is 7. The van der Waals surface area contributed by atoms with Crippen LogP contribution in [0.3, 0.4) is 0 Å². The van der Waals surface area contributed by atoms with Gasteiger partial charge in [-0.05, 0) is 36.2 Å². The summed E-state index contributed by atoms with van der Waals surface area (Å²) in [5, 5.41) is 14.5. The zero-order valence-corrected chi connectivity index (χ0v) is 15.0. The number of ether oxygens (including phenoxy) is 3. The van der Waals surface area contributed by atoms with Gasteiger partial charge in [-0.25, -0.2) is 4.79 Å². The fourth-order valence-corrected chi connectivity index (χ4v) is 2.46. The Bertz CT molecular complexity index is 790. The van der Waals surface area contributed by atoms with Crippen molar-refractivity contribution in [1.29, 1.82) is 5.26 Å². The Morgan fingerprint density at radius 1 is 1.08 bits per heavy atom. The number of urea groups is 1. The monoisotopic (exact) mass is 355 g/mol. The van der Waals surface area contributed by atoms with Crippen molar-refractivity contribution in [2.75, 3.05) is 33.2 Å². The highest BCUT2D eigenvalue weighted by molar-refractivity contribution is 5.90. The number of carbonyl (C=O) groups excluding carboxylic acids is 1. The van der Waals surface area contributed by atoms with Crippen LogP contribution >= 0.6 is 0 Å². The van der Waals surface area contributed by atoms with Crippen LogP contribution in [-0.2, 0) is 6.42 Å². The zero-order valence-electron chi connectivity index (χ0n) is 15.0. The van der Waals surface area contributed by atoms with Crippen molar-refractivity contribution in [3.8, 4) is 23.3 Å². The molecule has 136 valence electrons. The molecule has 0 heterocycles. The van der Waals surface area contributed by atoms with E-state index in [1.807, 2.05) is 18.2 Å². The summed E-state index contributed by atoms with van der Waals surface area (Å²) in [6.45, 7) is 0.402. The van der Waals surface area contributed by atoms with E-state index < -0.39 is 0 Å². The topological polar surface area (TPSA) is 92.6 Å². The number of hydrogen-bond acceptors (Lipinski definition) is 5. The highest BCUT2D eigenvalue weighted by Crippen LogP contribution is 2.38. The Hall–Kier alpha value is -3.40. The number of carbonyl (C=O) groups is 1. The van der Waals surface area contributed by atoms with Gasteiger partial charge in [0, 0.05) is 6.54 Å². The molecule has 0 saturated carbocycles. The van der Waals surface area contributed by atoms with Crippen molar-refractivity contribution < 1.29 is 19.0 Å². The molecule has 7 heteroatoms. The van der Waals surface area contributed by atoms with E-state index in [0.29, 0.717) is 41.5 Å². The first-order valence-corrected chi connectivity index (χ1v) is 7.95. The van der Waals surface area contributed by atoms with Gasteiger partial charge in [-0.1, -0.05) is 12.1 Å². The first kappa shape index (κ1) is 18.9. The Morgan fingerprint density at radius 2 is 1.73 bits per heavy atom. The molecule has 2 rings (SSSR count). The molecule has 0 atom stereocenters. The predicted molar refractivity (Wildman–Crippen MR) is 98.0 cm³/mol. The molecule has 0 aromatic heterocycles. The molecule has 2 N–H and O–H groups in total. The third-order valence-corrected chi connectivity index (χ3v) is 3.72. The smallest absolute Gasteiger partial charge is 0.319 e. The number of anilines is 1. The van der Waals surface area contributed by atoms with Crippen molar-refractivity contribution in [3.63, 3.8) is 0 Å². The average molecular weight is 355 g/mol. The highest BCUT2D eigenvalue weighted by atomic mass is 16.5. The van der Waals surface area contributed by atoms with Crippen LogP contribution in [-0.4, -0.2) is 33.9 Å². The molecule has 0 radical (unpaired) electrons. The van der Waals surface area contributed by atoms with Crippen molar-refractivity contribution in [1.82, 2.24) is 5.32 Å². The minimum atomic E-state index is -0.375. The lowest BCUT2D eigenvalue weighted by atomic mass is 10.1. The molecule has 7 nitrogen and oxygen atoms in total. The normalized spacial score (nSPS) is 9.77. The van der Waals surface area contributed by atoms with Crippen LogP contribution in [0.4, 0.5) is 10.5 Å². The van der Waals surface area contributed by atoms with Crippen LogP contribution in [0.2, 0.25) is 0 Å². The van der Waals surface area contributed by atoms with E-state index in [-0.39, 0.29) is 6.03 Å². The Balaban J connectivity index is 1.97. The van der Waals surface area contributed by atoms with Crippen LogP contribution in [0.1, 0.15) is 11.1 Å². The van der Waals surface area contributed by atoms with Gasteiger partial charge in [0.1, 0.15) is 6.07 Å². The molecule has 0 saturated heterocycles. The largest absolute Gasteiger partial charge is 0.493 e. The van der Waals surface area contributed by atoms with Gasteiger partial charge in [0.25, 0.3) is 0 Å². The second-order valence-corrected chi connectivity index (χ2v) is 5.32. The van der Waals surface area contributed by atoms with Gasteiger partial charge in [0.15, 0.2) is 11.5 Å². The fourth-order valence-electron chi connectivity index (χ4n) is 2.46. The van der Waals surface area contributed by atoms with E-state index in [1.165, 1.54) is 0 Å².